The number of nitrogens with one attached hydrogen (secondary N) is 1. The van der Waals surface area contributed by atoms with E-state index < -0.39 is 11.0 Å². The van der Waals surface area contributed by atoms with Crippen LogP contribution in [0.3, 0.4) is 0 Å². The van der Waals surface area contributed by atoms with Crippen molar-refractivity contribution in [2.24, 2.45) is 11.3 Å². The first kappa shape index (κ1) is 23.4. The lowest BCUT2D eigenvalue weighted by Crippen LogP contribution is -2.37. The van der Waals surface area contributed by atoms with Crippen LogP contribution in [-0.4, -0.2) is 51.7 Å². The zero-order chi connectivity index (χ0) is 23.7. The van der Waals surface area contributed by atoms with Crippen molar-refractivity contribution < 1.29 is 9.90 Å². The van der Waals surface area contributed by atoms with Crippen LogP contribution in [0.4, 0.5) is 5.82 Å². The lowest BCUT2D eigenvalue weighted by atomic mass is 9.89. The molecule has 1 amide bonds. The van der Waals surface area contributed by atoms with E-state index >= 15 is 0 Å². The molecule has 0 spiro atoms. The number of likely N-dealkylation sites (tertiary alicyclic amines) is 1. The smallest absolute Gasteiger partial charge is 0.299 e. The number of rotatable bonds is 6. The average molecular weight is 448 g/mol. The van der Waals surface area contributed by atoms with Crippen LogP contribution < -0.4 is 5.32 Å². The Labute approximate surface area is 196 Å². The highest BCUT2D eigenvalue weighted by Gasteiger charge is 2.65. The molecule has 174 valence electrons. The molecule has 1 saturated carbocycles. The SMILES string of the molecule is C#[N+]C12CN(CCc3ccc(NC(=O)C(C)(C)C)nc3)CC1CC(O)(Cc1ccccc1)C2. The molecule has 4 rings (SSSR count). The summed E-state index contributed by atoms with van der Waals surface area (Å²) in [6, 6.07) is 14.0. The highest BCUT2D eigenvalue weighted by Crippen LogP contribution is 2.50. The van der Waals surface area contributed by atoms with Crippen LogP contribution in [0.25, 0.3) is 4.85 Å². The second kappa shape index (κ2) is 8.89. The monoisotopic (exact) mass is 447 g/mol. The van der Waals surface area contributed by atoms with Gasteiger partial charge in [0, 0.05) is 31.1 Å². The predicted molar refractivity (Wildman–Crippen MR) is 131 cm³/mol. The predicted octanol–water partition coefficient (Wildman–Crippen LogP) is 4.01. The third-order valence-electron chi connectivity index (χ3n) is 7.09. The van der Waals surface area contributed by atoms with Crippen LogP contribution in [-0.2, 0) is 17.6 Å². The molecule has 0 bridgehead atoms. The van der Waals surface area contributed by atoms with Gasteiger partial charge in [-0.25, -0.2) is 4.98 Å². The molecule has 2 fully saturated rings. The average Bonchev–Trinajstić information content (AvgIpc) is 3.23. The quantitative estimate of drug-likeness (QED) is 0.702. The van der Waals surface area contributed by atoms with Gasteiger partial charge in [-0.05, 0) is 30.0 Å². The number of benzene rings is 1. The molecule has 2 aromatic rings. The van der Waals surface area contributed by atoms with Gasteiger partial charge in [-0.2, -0.15) is 0 Å². The van der Waals surface area contributed by atoms with Crippen LogP contribution in [0.5, 0.6) is 0 Å². The minimum Gasteiger partial charge on any atom is -0.389 e. The van der Waals surface area contributed by atoms with Crippen LogP contribution in [0.1, 0.15) is 44.7 Å². The topological polar surface area (TPSA) is 69.8 Å². The highest BCUT2D eigenvalue weighted by atomic mass is 16.3. The number of fused-ring (bicyclic) bond motifs is 1. The lowest BCUT2D eigenvalue weighted by Gasteiger charge is -2.25. The fraction of sp³-hybridized carbons (Fsp3) is 0.519. The van der Waals surface area contributed by atoms with Gasteiger partial charge in [0.15, 0.2) is 0 Å². The number of nitrogens with zero attached hydrogens (tertiary/aromatic N) is 3. The maximum atomic E-state index is 12.1. The zero-order valence-electron chi connectivity index (χ0n) is 19.9. The zero-order valence-corrected chi connectivity index (χ0v) is 19.9. The summed E-state index contributed by atoms with van der Waals surface area (Å²) >= 11 is 0. The number of anilines is 1. The molecule has 2 aliphatic rings. The van der Waals surface area contributed by atoms with Crippen LogP contribution in [0.2, 0.25) is 0 Å². The van der Waals surface area contributed by atoms with E-state index in [1.807, 2.05) is 57.3 Å². The molecular weight excluding hydrogens is 412 g/mol. The number of carbonyl (C=O) groups excluding carboxylic acids is 1. The summed E-state index contributed by atoms with van der Waals surface area (Å²) < 4.78 is 0. The van der Waals surface area contributed by atoms with Crippen LogP contribution in [0, 0.1) is 17.9 Å². The van der Waals surface area contributed by atoms with Crippen molar-refractivity contribution in [3.8, 4) is 6.57 Å². The Morgan fingerprint density at radius 1 is 1.24 bits per heavy atom. The largest absolute Gasteiger partial charge is 0.389 e. The van der Waals surface area contributed by atoms with Crippen LogP contribution >= 0.6 is 0 Å². The van der Waals surface area contributed by atoms with Crippen molar-refractivity contribution in [3.63, 3.8) is 0 Å². The van der Waals surface area contributed by atoms with E-state index in [1.54, 1.807) is 0 Å². The van der Waals surface area contributed by atoms with Gasteiger partial charge in [0.05, 0.1) is 24.5 Å². The first-order chi connectivity index (χ1) is 15.6. The Hall–Kier alpha value is -2.75. The van der Waals surface area contributed by atoms with Gasteiger partial charge < -0.3 is 10.4 Å². The van der Waals surface area contributed by atoms with Gasteiger partial charge in [0.25, 0.3) is 12.1 Å². The van der Waals surface area contributed by atoms with Crippen molar-refractivity contribution in [1.82, 2.24) is 9.88 Å². The van der Waals surface area contributed by atoms with Crippen molar-refractivity contribution in [3.05, 3.63) is 64.6 Å². The molecule has 0 radical (unpaired) electrons. The summed E-state index contributed by atoms with van der Waals surface area (Å²) in [4.78, 5) is 23.3. The molecule has 3 unspecified atom stereocenters. The Kier molecular flexibility index (Phi) is 6.30. The maximum Gasteiger partial charge on any atom is 0.299 e. The Morgan fingerprint density at radius 3 is 2.61 bits per heavy atom. The van der Waals surface area contributed by atoms with Gasteiger partial charge in [-0.15, -0.1) is 0 Å². The number of pyridine rings is 1. The summed E-state index contributed by atoms with van der Waals surface area (Å²) in [5, 5.41) is 14.2. The molecule has 2 N–H and O–H groups in total. The second-order valence-corrected chi connectivity index (χ2v) is 10.9. The normalized spacial score (nSPS) is 27.2. The van der Waals surface area contributed by atoms with E-state index in [0.717, 1.165) is 43.6 Å². The van der Waals surface area contributed by atoms with Crippen LogP contribution in [0.15, 0.2) is 48.7 Å². The van der Waals surface area contributed by atoms with E-state index in [4.69, 9.17) is 6.57 Å². The number of amides is 1. The summed E-state index contributed by atoms with van der Waals surface area (Å²) in [5.74, 6) is 0.798. The summed E-state index contributed by atoms with van der Waals surface area (Å²) in [6.45, 7) is 14.1. The van der Waals surface area contributed by atoms with Gasteiger partial charge in [0.1, 0.15) is 5.82 Å². The first-order valence-corrected chi connectivity index (χ1v) is 11.8. The van der Waals surface area contributed by atoms with Crippen molar-refractivity contribution in [2.75, 3.05) is 25.0 Å². The molecule has 1 aliphatic heterocycles. The van der Waals surface area contributed by atoms with E-state index in [-0.39, 0.29) is 17.4 Å². The minimum atomic E-state index is -0.752. The first-order valence-electron chi connectivity index (χ1n) is 11.8. The third kappa shape index (κ3) is 5.26. The van der Waals surface area contributed by atoms with E-state index in [9.17, 15) is 9.90 Å². The molecule has 1 aromatic heterocycles. The van der Waals surface area contributed by atoms with Gasteiger partial charge in [0.2, 0.25) is 5.91 Å². The van der Waals surface area contributed by atoms with Gasteiger partial charge in [-0.1, -0.05) is 62.0 Å². The minimum absolute atomic E-state index is 0.0468. The Bertz CT molecular complexity index is 1020. The lowest BCUT2D eigenvalue weighted by molar-refractivity contribution is -0.123. The molecule has 6 nitrogen and oxygen atoms in total. The van der Waals surface area contributed by atoms with Crippen molar-refractivity contribution >= 4 is 11.7 Å². The number of carbonyl (C=O) groups is 1. The molecule has 2 heterocycles. The standard InChI is InChI=1S/C27H34N4O2/c1-25(2,3)24(32)30-23-11-10-21(16-29-23)12-13-31-17-22-15-26(33,18-27(22,19-31)28-4)14-20-8-6-5-7-9-20/h4-11,16,22,33H,12-15,17-19H2,1-3H3/p+1. The molecule has 33 heavy (non-hydrogen) atoms. The Morgan fingerprint density at radius 2 is 2.00 bits per heavy atom. The summed E-state index contributed by atoms with van der Waals surface area (Å²) in [7, 11) is 0. The summed E-state index contributed by atoms with van der Waals surface area (Å²) in [6.07, 6.45) is 4.67. The molecule has 1 aromatic carbocycles. The number of aromatic nitrogens is 1. The number of hydrogen-bond acceptors (Lipinski definition) is 4. The van der Waals surface area contributed by atoms with Crippen molar-refractivity contribution in [2.45, 2.75) is 57.6 Å². The van der Waals surface area contributed by atoms with E-state index in [1.165, 1.54) is 0 Å². The van der Waals surface area contributed by atoms with Gasteiger partial charge in [-0.3, -0.25) is 9.69 Å². The number of aliphatic hydroxyl groups is 1. The third-order valence-corrected chi connectivity index (χ3v) is 7.09. The number of hydrogen-bond donors (Lipinski definition) is 2. The van der Waals surface area contributed by atoms with E-state index in [0.29, 0.717) is 18.7 Å². The van der Waals surface area contributed by atoms with Crippen molar-refractivity contribution in [1.29, 1.82) is 0 Å². The van der Waals surface area contributed by atoms with Gasteiger partial charge >= 0.3 is 0 Å². The molecular formula is C27H35N4O2+. The fourth-order valence-corrected chi connectivity index (χ4v) is 5.33. The van der Waals surface area contributed by atoms with E-state index in [2.05, 4.69) is 32.2 Å². The summed E-state index contributed by atoms with van der Waals surface area (Å²) in [5.41, 5.74) is 0.700. The molecule has 1 saturated heterocycles. The Balaban J connectivity index is 1.32. The molecule has 1 aliphatic carbocycles. The second-order valence-electron chi connectivity index (χ2n) is 10.9. The molecule has 6 heteroatoms. The highest BCUT2D eigenvalue weighted by molar-refractivity contribution is 5.93. The maximum absolute atomic E-state index is 12.1. The molecule has 3 atom stereocenters. The fourth-order valence-electron chi connectivity index (χ4n) is 5.33.